The molecule has 2 atom stereocenters. The van der Waals surface area contributed by atoms with E-state index in [9.17, 15) is 0 Å². The van der Waals surface area contributed by atoms with Gasteiger partial charge in [0, 0.05) is 12.1 Å². The van der Waals surface area contributed by atoms with Gasteiger partial charge in [0.25, 0.3) is 0 Å². The van der Waals surface area contributed by atoms with Crippen LogP contribution in [0.4, 0.5) is 0 Å². The molecule has 0 saturated carbocycles. The summed E-state index contributed by atoms with van der Waals surface area (Å²) >= 11 is 0. The molecule has 0 aliphatic carbocycles. The Kier molecular flexibility index (Phi) is 2.87. The Balaban J connectivity index is 1.93. The first-order valence-corrected chi connectivity index (χ1v) is 5.32. The van der Waals surface area contributed by atoms with Crippen molar-refractivity contribution in [2.45, 2.75) is 37.8 Å². The van der Waals surface area contributed by atoms with E-state index in [0.717, 1.165) is 18.6 Å². The third kappa shape index (κ3) is 1.87. The van der Waals surface area contributed by atoms with Crippen molar-refractivity contribution >= 4 is 0 Å². The molecule has 0 spiro atoms. The number of hydrogen-bond donors (Lipinski definition) is 1. The molecule has 2 fully saturated rings. The number of terminal acetylenes is 1. The molecular formula is C11H18N2. The summed E-state index contributed by atoms with van der Waals surface area (Å²) in [5.41, 5.74) is 0. The summed E-state index contributed by atoms with van der Waals surface area (Å²) in [7, 11) is 0. The van der Waals surface area contributed by atoms with Gasteiger partial charge in [0.15, 0.2) is 0 Å². The van der Waals surface area contributed by atoms with E-state index in [-0.39, 0.29) is 0 Å². The van der Waals surface area contributed by atoms with Gasteiger partial charge in [-0.05, 0) is 38.8 Å². The van der Waals surface area contributed by atoms with Crippen LogP contribution in [0.25, 0.3) is 0 Å². The molecule has 0 aromatic heterocycles. The molecule has 0 radical (unpaired) electrons. The lowest BCUT2D eigenvalue weighted by atomic mass is 10.0. The second-order valence-electron chi connectivity index (χ2n) is 4.09. The Morgan fingerprint density at radius 2 is 2.31 bits per heavy atom. The molecule has 2 rings (SSSR count). The first kappa shape index (κ1) is 9.05. The molecule has 13 heavy (non-hydrogen) atoms. The smallest absolute Gasteiger partial charge is 0.0601 e. The number of rotatable bonds is 2. The zero-order valence-corrected chi connectivity index (χ0v) is 8.13. The highest BCUT2D eigenvalue weighted by Gasteiger charge is 2.32. The van der Waals surface area contributed by atoms with Gasteiger partial charge in [-0.1, -0.05) is 5.92 Å². The number of nitrogens with zero attached hydrogens (tertiary/aromatic N) is 1. The highest BCUT2D eigenvalue weighted by atomic mass is 15.2. The average molecular weight is 178 g/mol. The van der Waals surface area contributed by atoms with Gasteiger partial charge in [-0.2, -0.15) is 0 Å². The summed E-state index contributed by atoms with van der Waals surface area (Å²) in [6.45, 7) is 3.24. The van der Waals surface area contributed by atoms with Crippen LogP contribution in [-0.2, 0) is 0 Å². The maximum Gasteiger partial charge on any atom is 0.0601 e. The van der Waals surface area contributed by atoms with Crippen LogP contribution in [0.3, 0.4) is 0 Å². The minimum absolute atomic E-state index is 0.718. The summed E-state index contributed by atoms with van der Waals surface area (Å²) in [5.74, 6) is 2.76. The van der Waals surface area contributed by atoms with Crippen molar-refractivity contribution in [3.8, 4) is 12.3 Å². The predicted molar refractivity (Wildman–Crippen MR) is 54.5 cm³/mol. The quantitative estimate of drug-likeness (QED) is 0.630. The fourth-order valence-corrected chi connectivity index (χ4v) is 2.66. The lowest BCUT2D eigenvalue weighted by Crippen LogP contribution is -2.43. The van der Waals surface area contributed by atoms with Crippen molar-refractivity contribution in [1.29, 1.82) is 0 Å². The molecule has 2 heterocycles. The van der Waals surface area contributed by atoms with Crippen molar-refractivity contribution in [2.75, 3.05) is 19.6 Å². The number of nitrogens with one attached hydrogen (secondary N) is 1. The maximum absolute atomic E-state index is 5.36. The molecule has 2 saturated heterocycles. The minimum Gasteiger partial charge on any atom is -0.312 e. The molecule has 0 aromatic rings. The molecule has 0 aromatic carbocycles. The number of likely N-dealkylation sites (tertiary alicyclic amines) is 1. The summed E-state index contributed by atoms with van der Waals surface area (Å²) in [6.07, 6.45) is 10.7. The molecule has 2 aliphatic heterocycles. The summed E-state index contributed by atoms with van der Waals surface area (Å²) in [4.78, 5) is 2.46. The SMILES string of the molecule is C#CCN1CCCC1C1CCCN1. The van der Waals surface area contributed by atoms with E-state index >= 15 is 0 Å². The normalized spacial score (nSPS) is 35.0. The van der Waals surface area contributed by atoms with Gasteiger partial charge in [-0.15, -0.1) is 6.42 Å². The zero-order valence-electron chi connectivity index (χ0n) is 8.13. The maximum atomic E-state index is 5.36. The summed E-state index contributed by atoms with van der Waals surface area (Å²) < 4.78 is 0. The highest BCUT2D eigenvalue weighted by molar-refractivity contribution is 4.97. The van der Waals surface area contributed by atoms with E-state index in [1.54, 1.807) is 0 Å². The monoisotopic (exact) mass is 178 g/mol. The Morgan fingerprint density at radius 1 is 1.38 bits per heavy atom. The van der Waals surface area contributed by atoms with Gasteiger partial charge in [-0.3, -0.25) is 4.90 Å². The molecule has 0 bridgehead atoms. The van der Waals surface area contributed by atoms with Crippen LogP contribution in [0.1, 0.15) is 25.7 Å². The molecule has 2 heteroatoms. The van der Waals surface area contributed by atoms with Crippen molar-refractivity contribution in [3.63, 3.8) is 0 Å². The van der Waals surface area contributed by atoms with E-state index in [1.165, 1.54) is 38.8 Å². The van der Waals surface area contributed by atoms with Crippen LogP contribution in [0.15, 0.2) is 0 Å². The van der Waals surface area contributed by atoms with Gasteiger partial charge in [-0.25, -0.2) is 0 Å². The van der Waals surface area contributed by atoms with Crippen LogP contribution in [0, 0.1) is 12.3 Å². The predicted octanol–water partition coefficient (Wildman–Crippen LogP) is 0.836. The highest BCUT2D eigenvalue weighted by Crippen LogP contribution is 2.23. The lowest BCUT2D eigenvalue weighted by molar-refractivity contribution is 0.238. The average Bonchev–Trinajstić information content (AvgIpc) is 2.71. The molecule has 1 N–H and O–H groups in total. The van der Waals surface area contributed by atoms with Gasteiger partial charge in [0.1, 0.15) is 0 Å². The molecule has 2 nitrogen and oxygen atoms in total. The van der Waals surface area contributed by atoms with Gasteiger partial charge >= 0.3 is 0 Å². The van der Waals surface area contributed by atoms with E-state index < -0.39 is 0 Å². The standard InChI is InChI=1S/C11H18N2/c1-2-8-13-9-4-6-11(13)10-5-3-7-12-10/h1,10-12H,3-9H2. The minimum atomic E-state index is 0.718. The van der Waals surface area contributed by atoms with Crippen molar-refractivity contribution in [2.24, 2.45) is 0 Å². The van der Waals surface area contributed by atoms with Gasteiger partial charge in [0.05, 0.1) is 6.54 Å². The van der Waals surface area contributed by atoms with E-state index in [4.69, 9.17) is 6.42 Å². The second kappa shape index (κ2) is 4.13. The van der Waals surface area contributed by atoms with E-state index in [2.05, 4.69) is 16.1 Å². The fraction of sp³-hybridized carbons (Fsp3) is 0.818. The van der Waals surface area contributed by atoms with Crippen LogP contribution in [0.2, 0.25) is 0 Å². The Bertz CT molecular complexity index is 201. The van der Waals surface area contributed by atoms with Crippen LogP contribution >= 0.6 is 0 Å². The third-order valence-corrected chi connectivity index (χ3v) is 3.27. The Hall–Kier alpha value is -0.520. The van der Waals surface area contributed by atoms with Crippen LogP contribution in [0.5, 0.6) is 0 Å². The third-order valence-electron chi connectivity index (χ3n) is 3.27. The van der Waals surface area contributed by atoms with Gasteiger partial charge in [0.2, 0.25) is 0 Å². The van der Waals surface area contributed by atoms with Crippen LogP contribution < -0.4 is 5.32 Å². The summed E-state index contributed by atoms with van der Waals surface area (Å²) in [6, 6.07) is 1.44. The summed E-state index contributed by atoms with van der Waals surface area (Å²) in [5, 5.41) is 3.58. The molecule has 72 valence electrons. The Labute approximate surface area is 80.7 Å². The first-order valence-electron chi connectivity index (χ1n) is 5.32. The van der Waals surface area contributed by atoms with E-state index in [1.807, 2.05) is 0 Å². The largest absolute Gasteiger partial charge is 0.312 e. The van der Waals surface area contributed by atoms with Crippen molar-refractivity contribution in [1.82, 2.24) is 10.2 Å². The van der Waals surface area contributed by atoms with E-state index in [0.29, 0.717) is 0 Å². The molecule has 0 amide bonds. The zero-order chi connectivity index (χ0) is 9.10. The Morgan fingerprint density at radius 3 is 3.00 bits per heavy atom. The molecule has 2 unspecified atom stereocenters. The topological polar surface area (TPSA) is 15.3 Å². The number of hydrogen-bond acceptors (Lipinski definition) is 2. The van der Waals surface area contributed by atoms with Crippen molar-refractivity contribution < 1.29 is 0 Å². The lowest BCUT2D eigenvalue weighted by Gasteiger charge is -2.27. The van der Waals surface area contributed by atoms with Crippen LogP contribution in [-0.4, -0.2) is 36.6 Å². The second-order valence-corrected chi connectivity index (χ2v) is 4.09. The van der Waals surface area contributed by atoms with Gasteiger partial charge < -0.3 is 5.32 Å². The molecule has 2 aliphatic rings. The molecular weight excluding hydrogens is 160 g/mol. The first-order chi connectivity index (χ1) is 6.42. The van der Waals surface area contributed by atoms with Crippen molar-refractivity contribution in [3.05, 3.63) is 0 Å². The fourth-order valence-electron chi connectivity index (χ4n) is 2.66.